The largest absolute Gasteiger partial charge is 0.490 e. The second kappa shape index (κ2) is 6.81. The molecule has 2 aliphatic heterocycles. The molecule has 1 aromatic carbocycles. The first-order valence-electron chi connectivity index (χ1n) is 9.08. The maximum absolute atomic E-state index is 13.9. The zero-order valence-corrected chi connectivity index (χ0v) is 15.5. The zero-order chi connectivity index (χ0) is 20.0. The fraction of sp³-hybridized carbons (Fsp3) is 0.421. The molecule has 3 atom stereocenters. The number of amides is 2. The van der Waals surface area contributed by atoms with Crippen LogP contribution in [0.2, 0.25) is 0 Å². The molecule has 3 heterocycles. The molecular weight excluding hydrogens is 367 g/mol. The molecule has 4 rings (SSSR count). The number of alkyl carbamates (subject to hydrolysis) is 1. The van der Waals surface area contributed by atoms with Gasteiger partial charge in [-0.2, -0.15) is 0 Å². The molecule has 0 aliphatic carbocycles. The number of anilines is 1. The van der Waals surface area contributed by atoms with Crippen molar-refractivity contribution in [2.75, 3.05) is 18.1 Å². The third kappa shape index (κ3) is 2.96. The maximum atomic E-state index is 13.9. The van der Waals surface area contributed by atoms with Gasteiger partial charge in [0.15, 0.2) is 0 Å². The van der Waals surface area contributed by atoms with Crippen molar-refractivity contribution >= 4 is 28.6 Å². The Labute approximate surface area is 160 Å². The van der Waals surface area contributed by atoms with Crippen molar-refractivity contribution < 1.29 is 23.5 Å². The fourth-order valence-electron chi connectivity index (χ4n) is 3.89. The molecular formula is C19H21FN4O4. The average Bonchev–Trinajstić information content (AvgIpc) is 3.15. The molecule has 0 saturated carbocycles. The quantitative estimate of drug-likeness (QED) is 0.808. The normalized spacial score (nSPS) is 23.6. The topological polar surface area (TPSA) is 107 Å². The molecule has 2 aromatic rings. The third-order valence-electron chi connectivity index (χ3n) is 5.03. The van der Waals surface area contributed by atoms with E-state index in [2.05, 4.69) is 10.3 Å². The van der Waals surface area contributed by atoms with E-state index in [4.69, 9.17) is 15.2 Å². The van der Waals surface area contributed by atoms with Crippen LogP contribution >= 0.6 is 0 Å². The molecule has 3 N–H and O–H groups in total. The van der Waals surface area contributed by atoms with E-state index in [1.54, 1.807) is 24.4 Å². The van der Waals surface area contributed by atoms with Gasteiger partial charge >= 0.3 is 6.09 Å². The number of ether oxygens (including phenoxy) is 2. The fourth-order valence-corrected chi connectivity index (χ4v) is 3.89. The number of rotatable bonds is 5. The van der Waals surface area contributed by atoms with Crippen LogP contribution in [-0.4, -0.2) is 54.5 Å². The Kier molecular flexibility index (Phi) is 4.44. The van der Waals surface area contributed by atoms with Gasteiger partial charge in [0.25, 0.3) is 5.91 Å². The lowest BCUT2D eigenvalue weighted by Crippen LogP contribution is -2.38. The molecule has 0 bridgehead atoms. The van der Waals surface area contributed by atoms with Crippen LogP contribution in [0.15, 0.2) is 24.4 Å². The molecule has 9 heteroatoms. The highest BCUT2D eigenvalue weighted by Gasteiger charge is 2.49. The van der Waals surface area contributed by atoms with Crippen LogP contribution in [0.5, 0.6) is 5.75 Å². The van der Waals surface area contributed by atoms with Gasteiger partial charge < -0.3 is 25.4 Å². The SMILES string of the molecule is CC(C)Oc1cc2c(N3C[C@H]4NC(=O)O[C@H]4C3CF)ccnc2cc1C(N)=O. The third-order valence-corrected chi connectivity index (χ3v) is 5.03. The van der Waals surface area contributed by atoms with Gasteiger partial charge in [-0.15, -0.1) is 0 Å². The first kappa shape index (κ1) is 18.3. The summed E-state index contributed by atoms with van der Waals surface area (Å²) in [6.45, 7) is 3.43. The summed E-state index contributed by atoms with van der Waals surface area (Å²) in [5.74, 6) is -0.261. The summed E-state index contributed by atoms with van der Waals surface area (Å²) in [7, 11) is 0. The number of carbonyl (C=O) groups is 2. The highest BCUT2D eigenvalue weighted by molar-refractivity contribution is 6.02. The number of pyridine rings is 1. The average molecular weight is 388 g/mol. The van der Waals surface area contributed by atoms with E-state index in [9.17, 15) is 14.0 Å². The zero-order valence-electron chi connectivity index (χ0n) is 15.5. The van der Waals surface area contributed by atoms with Crippen molar-refractivity contribution in [1.29, 1.82) is 0 Å². The van der Waals surface area contributed by atoms with Gasteiger partial charge in [-0.3, -0.25) is 9.78 Å². The van der Waals surface area contributed by atoms with Gasteiger partial charge in [0.05, 0.1) is 29.3 Å². The van der Waals surface area contributed by atoms with Gasteiger partial charge in [-0.05, 0) is 32.0 Å². The second-order valence-corrected chi connectivity index (χ2v) is 7.22. The Hall–Kier alpha value is -3.10. The standard InChI is InChI=1S/C19H21FN4O4/c1-9(2)27-16-6-10-12(5-11(16)18(21)25)22-4-3-14(10)24-8-13-17(15(24)7-20)28-19(26)23-13/h3-6,9,13,15,17H,7-8H2,1-2H3,(H2,21,25)(H,23,26)/t13-,15?,17-/m1/s1. The maximum Gasteiger partial charge on any atom is 0.407 e. The van der Waals surface area contributed by atoms with Crippen LogP contribution in [0.25, 0.3) is 10.9 Å². The summed E-state index contributed by atoms with van der Waals surface area (Å²) >= 11 is 0. The van der Waals surface area contributed by atoms with Crippen molar-refractivity contribution in [3.63, 3.8) is 0 Å². The van der Waals surface area contributed by atoms with E-state index >= 15 is 0 Å². The summed E-state index contributed by atoms with van der Waals surface area (Å²) < 4.78 is 24.9. The number of hydrogen-bond acceptors (Lipinski definition) is 6. The summed E-state index contributed by atoms with van der Waals surface area (Å²) in [5.41, 5.74) is 7.00. The molecule has 1 unspecified atom stereocenters. The molecule has 2 amide bonds. The van der Waals surface area contributed by atoms with Crippen molar-refractivity contribution in [2.24, 2.45) is 5.73 Å². The van der Waals surface area contributed by atoms with E-state index in [1.807, 2.05) is 18.7 Å². The molecule has 2 fully saturated rings. The smallest absolute Gasteiger partial charge is 0.407 e. The Morgan fingerprint density at radius 2 is 2.29 bits per heavy atom. The highest BCUT2D eigenvalue weighted by atomic mass is 19.1. The number of nitrogens with one attached hydrogen (secondary N) is 1. The number of benzene rings is 1. The van der Waals surface area contributed by atoms with Gasteiger partial charge in [0.1, 0.15) is 18.5 Å². The number of nitrogens with zero attached hydrogens (tertiary/aromatic N) is 2. The molecule has 28 heavy (non-hydrogen) atoms. The molecule has 8 nitrogen and oxygen atoms in total. The molecule has 0 spiro atoms. The minimum atomic E-state index is -0.672. The lowest BCUT2D eigenvalue weighted by atomic mass is 10.1. The molecule has 2 saturated heterocycles. The molecule has 148 valence electrons. The van der Waals surface area contributed by atoms with Crippen molar-refractivity contribution in [3.05, 3.63) is 30.0 Å². The van der Waals surface area contributed by atoms with Crippen molar-refractivity contribution in [2.45, 2.75) is 38.1 Å². The summed E-state index contributed by atoms with van der Waals surface area (Å²) in [6.07, 6.45) is 0.348. The first-order valence-corrected chi connectivity index (χ1v) is 9.08. The van der Waals surface area contributed by atoms with E-state index in [-0.39, 0.29) is 17.7 Å². The van der Waals surface area contributed by atoms with Crippen LogP contribution in [0.3, 0.4) is 0 Å². The molecule has 1 aromatic heterocycles. The molecule has 0 radical (unpaired) electrons. The van der Waals surface area contributed by atoms with Crippen LogP contribution < -0.4 is 20.7 Å². The monoisotopic (exact) mass is 388 g/mol. The number of primary amides is 1. The Morgan fingerprint density at radius 1 is 1.50 bits per heavy atom. The van der Waals surface area contributed by atoms with E-state index < -0.39 is 30.8 Å². The van der Waals surface area contributed by atoms with E-state index in [1.165, 1.54) is 0 Å². The van der Waals surface area contributed by atoms with Crippen LogP contribution in [0, 0.1) is 0 Å². The number of halogens is 1. The number of carbonyl (C=O) groups excluding carboxylic acids is 2. The number of aromatic nitrogens is 1. The predicted octanol–water partition coefficient (Wildman–Crippen LogP) is 1.76. The van der Waals surface area contributed by atoms with Gasteiger partial charge in [-0.25, -0.2) is 9.18 Å². The second-order valence-electron chi connectivity index (χ2n) is 7.22. The van der Waals surface area contributed by atoms with Crippen LogP contribution in [0.1, 0.15) is 24.2 Å². The lowest BCUT2D eigenvalue weighted by Gasteiger charge is -2.28. The van der Waals surface area contributed by atoms with Gasteiger partial charge in [-0.1, -0.05) is 0 Å². The Bertz CT molecular complexity index is 951. The first-order chi connectivity index (χ1) is 13.4. The number of alkyl halides is 1. The van der Waals surface area contributed by atoms with Gasteiger partial charge in [0.2, 0.25) is 0 Å². The summed E-state index contributed by atoms with van der Waals surface area (Å²) in [5, 5.41) is 3.42. The minimum Gasteiger partial charge on any atom is -0.490 e. The lowest BCUT2D eigenvalue weighted by molar-refractivity contribution is 0.0994. The number of hydrogen-bond donors (Lipinski definition) is 2. The Balaban J connectivity index is 1.81. The van der Waals surface area contributed by atoms with Crippen molar-refractivity contribution in [3.8, 4) is 5.75 Å². The summed E-state index contributed by atoms with van der Waals surface area (Å²) in [4.78, 5) is 29.5. The number of fused-ring (bicyclic) bond motifs is 2. The van der Waals surface area contributed by atoms with Crippen molar-refractivity contribution in [1.82, 2.24) is 10.3 Å². The Morgan fingerprint density at radius 3 is 2.96 bits per heavy atom. The van der Waals surface area contributed by atoms with Gasteiger partial charge in [0, 0.05) is 23.8 Å². The van der Waals surface area contributed by atoms with Crippen LogP contribution in [-0.2, 0) is 4.74 Å². The summed E-state index contributed by atoms with van der Waals surface area (Å²) in [6, 6.07) is 4.17. The van der Waals surface area contributed by atoms with Crippen LogP contribution in [0.4, 0.5) is 14.9 Å². The number of nitrogens with two attached hydrogens (primary N) is 1. The predicted molar refractivity (Wildman–Crippen MR) is 100 cm³/mol. The minimum absolute atomic E-state index is 0.163. The van der Waals surface area contributed by atoms with E-state index in [0.29, 0.717) is 23.2 Å². The molecule has 2 aliphatic rings. The van der Waals surface area contributed by atoms with E-state index in [0.717, 1.165) is 5.69 Å². The highest BCUT2D eigenvalue weighted by Crippen LogP contribution is 2.37.